The standard InChI is InChI=1S/C21H23FN2O4/c1-14(25)21(27)24-12-10-15(11-13-24)20(26)23-16-6-8-17(9-7-16)28-19-5-3-2-4-18(19)22/h2-9,14-15,25H,10-13H2,1H3,(H,23,26). The number of carbonyl (C=O) groups excluding carboxylic acids is 2. The second-order valence-corrected chi connectivity index (χ2v) is 6.82. The van der Waals surface area contributed by atoms with Crippen LogP contribution < -0.4 is 10.1 Å². The summed E-state index contributed by atoms with van der Waals surface area (Å²) in [5.41, 5.74) is 0.619. The Kier molecular flexibility index (Phi) is 6.26. The molecule has 0 saturated carbocycles. The quantitative estimate of drug-likeness (QED) is 0.827. The summed E-state index contributed by atoms with van der Waals surface area (Å²) in [5, 5.41) is 12.2. The first-order chi connectivity index (χ1) is 13.4. The number of hydrogen-bond donors (Lipinski definition) is 2. The molecule has 0 spiro atoms. The number of piperidine rings is 1. The van der Waals surface area contributed by atoms with Crippen LogP contribution in [0.3, 0.4) is 0 Å². The van der Waals surface area contributed by atoms with Gasteiger partial charge in [0.25, 0.3) is 5.91 Å². The van der Waals surface area contributed by atoms with Crippen LogP contribution in [0.4, 0.5) is 10.1 Å². The molecule has 2 aromatic carbocycles. The van der Waals surface area contributed by atoms with Crippen molar-refractivity contribution < 1.29 is 23.8 Å². The average Bonchev–Trinajstić information content (AvgIpc) is 2.70. The van der Waals surface area contributed by atoms with Gasteiger partial charge in [-0.1, -0.05) is 12.1 Å². The third-order valence-corrected chi connectivity index (χ3v) is 4.72. The van der Waals surface area contributed by atoms with Gasteiger partial charge in [-0.3, -0.25) is 9.59 Å². The first-order valence-corrected chi connectivity index (χ1v) is 9.24. The highest BCUT2D eigenvalue weighted by atomic mass is 19.1. The van der Waals surface area contributed by atoms with E-state index < -0.39 is 11.9 Å². The van der Waals surface area contributed by atoms with Gasteiger partial charge in [0.2, 0.25) is 5.91 Å². The molecular weight excluding hydrogens is 363 g/mol. The Balaban J connectivity index is 1.52. The Morgan fingerprint density at radius 1 is 1.14 bits per heavy atom. The highest BCUT2D eigenvalue weighted by Crippen LogP contribution is 2.26. The number of aliphatic hydroxyl groups excluding tert-OH is 1. The predicted octanol–water partition coefficient (Wildman–Crippen LogP) is 3.18. The number of amides is 2. The van der Waals surface area contributed by atoms with Crippen LogP contribution in [-0.4, -0.2) is 41.0 Å². The first kappa shape index (κ1) is 19.8. The van der Waals surface area contributed by atoms with Crippen molar-refractivity contribution in [2.24, 2.45) is 5.92 Å². The van der Waals surface area contributed by atoms with E-state index in [2.05, 4.69) is 5.32 Å². The number of likely N-dealkylation sites (tertiary alicyclic amines) is 1. The number of carbonyl (C=O) groups is 2. The Labute approximate surface area is 162 Å². The molecule has 28 heavy (non-hydrogen) atoms. The maximum Gasteiger partial charge on any atom is 0.251 e. The third-order valence-electron chi connectivity index (χ3n) is 4.72. The van der Waals surface area contributed by atoms with Gasteiger partial charge in [-0.05, 0) is 56.2 Å². The second kappa shape index (κ2) is 8.84. The van der Waals surface area contributed by atoms with Crippen LogP contribution in [0, 0.1) is 11.7 Å². The number of anilines is 1. The van der Waals surface area contributed by atoms with Crippen LogP contribution in [-0.2, 0) is 9.59 Å². The molecule has 1 heterocycles. The fourth-order valence-electron chi connectivity index (χ4n) is 3.13. The first-order valence-electron chi connectivity index (χ1n) is 9.24. The molecule has 1 aliphatic heterocycles. The summed E-state index contributed by atoms with van der Waals surface area (Å²) >= 11 is 0. The lowest BCUT2D eigenvalue weighted by Gasteiger charge is -2.32. The number of rotatable bonds is 5. The highest BCUT2D eigenvalue weighted by Gasteiger charge is 2.28. The van der Waals surface area contributed by atoms with E-state index in [0.717, 1.165) is 0 Å². The van der Waals surface area contributed by atoms with Crippen LogP contribution in [0.5, 0.6) is 11.5 Å². The zero-order chi connectivity index (χ0) is 20.1. The summed E-state index contributed by atoms with van der Waals surface area (Å²) in [5.74, 6) is -0.435. The maximum absolute atomic E-state index is 13.6. The molecule has 7 heteroatoms. The lowest BCUT2D eigenvalue weighted by atomic mass is 9.95. The minimum Gasteiger partial charge on any atom is -0.454 e. The zero-order valence-corrected chi connectivity index (χ0v) is 15.6. The SMILES string of the molecule is CC(O)C(=O)N1CCC(C(=O)Nc2ccc(Oc3ccccc3F)cc2)CC1. The summed E-state index contributed by atoms with van der Waals surface area (Å²) in [6, 6.07) is 12.8. The lowest BCUT2D eigenvalue weighted by molar-refractivity contribution is -0.141. The van der Waals surface area contributed by atoms with Crippen LogP contribution >= 0.6 is 0 Å². The summed E-state index contributed by atoms with van der Waals surface area (Å²) in [7, 11) is 0. The molecule has 148 valence electrons. The molecule has 2 N–H and O–H groups in total. The Morgan fingerprint density at radius 2 is 1.79 bits per heavy atom. The van der Waals surface area contributed by atoms with Crippen molar-refractivity contribution in [1.82, 2.24) is 4.90 Å². The van der Waals surface area contributed by atoms with Crippen molar-refractivity contribution >= 4 is 17.5 Å². The topological polar surface area (TPSA) is 78.9 Å². The molecule has 0 aliphatic carbocycles. The molecule has 1 saturated heterocycles. The van der Waals surface area contributed by atoms with Gasteiger partial charge < -0.3 is 20.1 Å². The normalized spacial score (nSPS) is 15.8. The summed E-state index contributed by atoms with van der Waals surface area (Å²) in [6.07, 6.45) is 0.0906. The molecule has 1 atom stereocenters. The van der Waals surface area contributed by atoms with Gasteiger partial charge in [0.1, 0.15) is 11.9 Å². The molecule has 3 rings (SSSR count). The number of nitrogens with zero attached hydrogens (tertiary/aromatic N) is 1. The monoisotopic (exact) mass is 386 g/mol. The van der Waals surface area contributed by atoms with E-state index in [1.54, 1.807) is 47.4 Å². The molecule has 0 bridgehead atoms. The summed E-state index contributed by atoms with van der Waals surface area (Å²) in [4.78, 5) is 25.8. The number of ether oxygens (including phenoxy) is 1. The van der Waals surface area contributed by atoms with Crippen molar-refractivity contribution in [3.05, 3.63) is 54.3 Å². The largest absolute Gasteiger partial charge is 0.454 e. The van der Waals surface area contributed by atoms with Gasteiger partial charge in [0.15, 0.2) is 11.6 Å². The van der Waals surface area contributed by atoms with Crippen LogP contribution in [0.15, 0.2) is 48.5 Å². The van der Waals surface area contributed by atoms with Crippen molar-refractivity contribution in [2.75, 3.05) is 18.4 Å². The van der Waals surface area contributed by atoms with E-state index in [-0.39, 0.29) is 23.5 Å². The van der Waals surface area contributed by atoms with E-state index in [9.17, 15) is 19.1 Å². The second-order valence-electron chi connectivity index (χ2n) is 6.82. The van der Waals surface area contributed by atoms with Gasteiger partial charge in [-0.2, -0.15) is 0 Å². The van der Waals surface area contributed by atoms with Crippen LogP contribution in [0.1, 0.15) is 19.8 Å². The summed E-state index contributed by atoms with van der Waals surface area (Å²) < 4.78 is 19.1. The van der Waals surface area contributed by atoms with E-state index in [4.69, 9.17) is 4.74 Å². The molecule has 0 aromatic heterocycles. The number of benzene rings is 2. The molecular formula is C21H23FN2O4. The molecule has 2 aromatic rings. The molecule has 0 radical (unpaired) electrons. The molecule has 2 amide bonds. The van der Waals surface area contributed by atoms with E-state index in [1.807, 2.05) is 0 Å². The van der Waals surface area contributed by atoms with Crippen molar-refractivity contribution in [3.8, 4) is 11.5 Å². The van der Waals surface area contributed by atoms with E-state index in [1.165, 1.54) is 13.0 Å². The Bertz CT molecular complexity index is 831. The van der Waals surface area contributed by atoms with Gasteiger partial charge >= 0.3 is 0 Å². The van der Waals surface area contributed by atoms with Gasteiger partial charge in [-0.25, -0.2) is 4.39 Å². The lowest BCUT2D eigenvalue weighted by Crippen LogP contribution is -2.44. The van der Waals surface area contributed by atoms with Crippen molar-refractivity contribution in [3.63, 3.8) is 0 Å². The number of halogens is 1. The Morgan fingerprint density at radius 3 is 2.39 bits per heavy atom. The number of hydrogen-bond acceptors (Lipinski definition) is 4. The van der Waals surface area contributed by atoms with Crippen molar-refractivity contribution in [2.45, 2.75) is 25.9 Å². The fraction of sp³-hybridized carbons (Fsp3) is 0.333. The smallest absolute Gasteiger partial charge is 0.251 e. The molecule has 6 nitrogen and oxygen atoms in total. The third kappa shape index (κ3) is 4.86. The minimum absolute atomic E-state index is 0.105. The van der Waals surface area contributed by atoms with E-state index in [0.29, 0.717) is 37.4 Å². The summed E-state index contributed by atoms with van der Waals surface area (Å²) in [6.45, 7) is 2.36. The van der Waals surface area contributed by atoms with Crippen LogP contribution in [0.25, 0.3) is 0 Å². The van der Waals surface area contributed by atoms with Gasteiger partial charge in [-0.15, -0.1) is 0 Å². The molecule has 1 fully saturated rings. The number of nitrogens with one attached hydrogen (secondary N) is 1. The molecule has 1 aliphatic rings. The minimum atomic E-state index is -1.02. The molecule has 1 unspecified atom stereocenters. The van der Waals surface area contributed by atoms with Gasteiger partial charge in [0, 0.05) is 24.7 Å². The Hall–Kier alpha value is -2.93. The fourth-order valence-corrected chi connectivity index (χ4v) is 3.13. The number of para-hydroxylation sites is 1. The van der Waals surface area contributed by atoms with E-state index >= 15 is 0 Å². The van der Waals surface area contributed by atoms with Gasteiger partial charge in [0.05, 0.1) is 0 Å². The number of aliphatic hydroxyl groups is 1. The van der Waals surface area contributed by atoms with Crippen molar-refractivity contribution in [1.29, 1.82) is 0 Å². The van der Waals surface area contributed by atoms with Crippen LogP contribution in [0.2, 0.25) is 0 Å². The highest BCUT2D eigenvalue weighted by molar-refractivity contribution is 5.92. The predicted molar refractivity (Wildman–Crippen MR) is 103 cm³/mol. The zero-order valence-electron chi connectivity index (χ0n) is 15.6. The maximum atomic E-state index is 13.6. The average molecular weight is 386 g/mol.